The van der Waals surface area contributed by atoms with Crippen molar-refractivity contribution in [2.45, 2.75) is 19.4 Å². The lowest BCUT2D eigenvalue weighted by molar-refractivity contribution is -0.131. The molecule has 28 heavy (non-hydrogen) atoms. The number of para-hydroxylation sites is 1. The second-order valence-electron chi connectivity index (χ2n) is 6.99. The summed E-state index contributed by atoms with van der Waals surface area (Å²) in [6, 6.07) is 17.2. The maximum atomic E-state index is 12.4. The fourth-order valence-corrected chi connectivity index (χ4v) is 3.42. The van der Waals surface area contributed by atoms with Crippen LogP contribution in [0.3, 0.4) is 0 Å². The van der Waals surface area contributed by atoms with Crippen molar-refractivity contribution in [2.24, 2.45) is 0 Å². The number of benzene rings is 2. The predicted octanol–water partition coefficient (Wildman–Crippen LogP) is 2.60. The van der Waals surface area contributed by atoms with Crippen LogP contribution in [0.4, 0.5) is 5.69 Å². The Bertz CT molecular complexity index is 787. The van der Waals surface area contributed by atoms with Crippen molar-refractivity contribution in [3.05, 3.63) is 65.7 Å². The first-order valence-corrected chi connectivity index (χ1v) is 9.74. The van der Waals surface area contributed by atoms with Crippen LogP contribution in [-0.4, -0.2) is 54.6 Å². The second-order valence-corrected chi connectivity index (χ2v) is 6.99. The summed E-state index contributed by atoms with van der Waals surface area (Å²) in [5.74, 6) is -0.706. The average molecular weight is 381 g/mol. The molecule has 1 heterocycles. The van der Waals surface area contributed by atoms with E-state index in [1.54, 1.807) is 18.2 Å². The lowest BCUT2D eigenvalue weighted by atomic mass is 10.1. The molecule has 2 aromatic carbocycles. The van der Waals surface area contributed by atoms with E-state index >= 15 is 0 Å². The Labute approximate surface area is 165 Å². The predicted molar refractivity (Wildman–Crippen MR) is 110 cm³/mol. The molecule has 148 valence electrons. The molecule has 1 amide bonds. The molecule has 3 rings (SSSR count). The summed E-state index contributed by atoms with van der Waals surface area (Å²) in [5, 5.41) is 12.3. The van der Waals surface area contributed by atoms with E-state index in [0.717, 1.165) is 44.7 Å². The van der Waals surface area contributed by atoms with Crippen LogP contribution in [0.1, 0.15) is 28.8 Å². The summed E-state index contributed by atoms with van der Waals surface area (Å²) in [7, 11) is 0. The fourth-order valence-electron chi connectivity index (χ4n) is 3.42. The van der Waals surface area contributed by atoms with E-state index < -0.39 is 5.97 Å². The highest BCUT2D eigenvalue weighted by Crippen LogP contribution is 2.16. The van der Waals surface area contributed by atoms with Gasteiger partial charge in [-0.1, -0.05) is 30.3 Å². The first kappa shape index (κ1) is 19.9. The molecular weight excluding hydrogens is 354 g/mol. The number of amides is 1. The van der Waals surface area contributed by atoms with Gasteiger partial charge in [0.1, 0.15) is 0 Å². The highest BCUT2D eigenvalue weighted by Gasteiger charge is 2.20. The molecule has 1 saturated heterocycles. The Morgan fingerprint density at radius 2 is 1.71 bits per heavy atom. The summed E-state index contributed by atoms with van der Waals surface area (Å²) in [4.78, 5) is 27.7. The average Bonchev–Trinajstić information content (AvgIpc) is 2.74. The van der Waals surface area contributed by atoms with Crippen molar-refractivity contribution in [2.75, 3.05) is 37.6 Å². The zero-order chi connectivity index (χ0) is 19.8. The molecule has 0 radical (unpaired) electrons. The van der Waals surface area contributed by atoms with Crippen molar-refractivity contribution < 1.29 is 14.7 Å². The lowest BCUT2D eigenvalue weighted by Gasteiger charge is -2.36. The van der Waals surface area contributed by atoms with Crippen molar-refractivity contribution >= 4 is 17.6 Å². The van der Waals surface area contributed by atoms with Gasteiger partial charge in [-0.25, -0.2) is 4.79 Å². The van der Waals surface area contributed by atoms with Gasteiger partial charge in [0.25, 0.3) is 0 Å². The zero-order valence-electron chi connectivity index (χ0n) is 16.0. The Hall–Kier alpha value is -2.86. The topological polar surface area (TPSA) is 72.9 Å². The molecule has 1 aliphatic rings. The maximum absolute atomic E-state index is 12.4. The van der Waals surface area contributed by atoms with Crippen LogP contribution in [0.2, 0.25) is 0 Å². The van der Waals surface area contributed by atoms with Crippen LogP contribution >= 0.6 is 0 Å². The molecule has 2 aromatic rings. The van der Waals surface area contributed by atoms with E-state index in [9.17, 15) is 9.59 Å². The minimum Gasteiger partial charge on any atom is -0.478 e. The van der Waals surface area contributed by atoms with Gasteiger partial charge in [0.15, 0.2) is 0 Å². The number of carboxylic acid groups (broad SMARTS) is 1. The van der Waals surface area contributed by atoms with Crippen LogP contribution in [0.15, 0.2) is 54.6 Å². The van der Waals surface area contributed by atoms with Gasteiger partial charge in [-0.05, 0) is 42.8 Å². The number of rotatable bonds is 8. The largest absolute Gasteiger partial charge is 0.478 e. The van der Waals surface area contributed by atoms with E-state index in [0.29, 0.717) is 18.5 Å². The van der Waals surface area contributed by atoms with Crippen molar-refractivity contribution in [1.82, 2.24) is 10.2 Å². The normalized spacial score (nSPS) is 14.1. The molecule has 0 atom stereocenters. The van der Waals surface area contributed by atoms with E-state index in [1.807, 2.05) is 29.2 Å². The molecule has 0 spiro atoms. The highest BCUT2D eigenvalue weighted by atomic mass is 16.4. The van der Waals surface area contributed by atoms with Gasteiger partial charge in [-0.15, -0.1) is 0 Å². The molecular formula is C22H27N3O3. The number of carbonyl (C=O) groups is 2. The number of nitrogens with one attached hydrogen (secondary N) is 1. The van der Waals surface area contributed by atoms with Gasteiger partial charge in [-0.3, -0.25) is 4.79 Å². The number of nitrogens with zero attached hydrogens (tertiary/aromatic N) is 2. The first-order valence-electron chi connectivity index (χ1n) is 9.74. The van der Waals surface area contributed by atoms with Gasteiger partial charge in [0, 0.05) is 44.8 Å². The molecule has 0 aromatic heterocycles. The molecule has 0 aliphatic carbocycles. The maximum Gasteiger partial charge on any atom is 0.335 e. The first-order chi connectivity index (χ1) is 13.6. The smallest absolute Gasteiger partial charge is 0.335 e. The standard InChI is InChI=1S/C22H27N3O3/c26-21(25-14-12-24(13-15-25)20-8-2-1-3-9-20)10-5-11-23-17-18-6-4-7-19(16-18)22(27)28/h1-4,6-9,16,23H,5,10-15,17H2,(H,27,28). The van der Waals surface area contributed by atoms with Crippen LogP contribution < -0.4 is 10.2 Å². The number of hydrogen-bond acceptors (Lipinski definition) is 4. The van der Waals surface area contributed by atoms with E-state index in [2.05, 4.69) is 22.3 Å². The third-order valence-electron chi connectivity index (χ3n) is 5.00. The Morgan fingerprint density at radius 3 is 2.43 bits per heavy atom. The number of aromatic carboxylic acids is 1. The molecule has 6 nitrogen and oxygen atoms in total. The fraction of sp³-hybridized carbons (Fsp3) is 0.364. The van der Waals surface area contributed by atoms with Gasteiger partial charge < -0.3 is 20.2 Å². The van der Waals surface area contributed by atoms with Gasteiger partial charge >= 0.3 is 5.97 Å². The molecule has 0 unspecified atom stereocenters. The number of piperazine rings is 1. The Balaban J connectivity index is 1.33. The number of carbonyl (C=O) groups excluding carboxylic acids is 1. The Morgan fingerprint density at radius 1 is 0.964 bits per heavy atom. The molecule has 1 fully saturated rings. The van der Waals surface area contributed by atoms with Crippen LogP contribution in [0, 0.1) is 0 Å². The molecule has 0 saturated carbocycles. The molecule has 2 N–H and O–H groups in total. The van der Waals surface area contributed by atoms with Gasteiger partial charge in [0.05, 0.1) is 5.56 Å². The second kappa shape index (κ2) is 9.90. The summed E-state index contributed by atoms with van der Waals surface area (Å²) in [5.41, 5.74) is 2.44. The minimum absolute atomic E-state index is 0.211. The lowest BCUT2D eigenvalue weighted by Crippen LogP contribution is -2.48. The molecule has 1 aliphatic heterocycles. The van der Waals surface area contributed by atoms with E-state index in [1.165, 1.54) is 5.69 Å². The van der Waals surface area contributed by atoms with Crippen LogP contribution in [-0.2, 0) is 11.3 Å². The molecule has 6 heteroatoms. The van der Waals surface area contributed by atoms with Gasteiger partial charge in [-0.2, -0.15) is 0 Å². The van der Waals surface area contributed by atoms with Crippen molar-refractivity contribution in [3.8, 4) is 0 Å². The number of hydrogen-bond donors (Lipinski definition) is 2. The third kappa shape index (κ3) is 5.57. The van der Waals surface area contributed by atoms with Crippen molar-refractivity contribution in [1.29, 1.82) is 0 Å². The highest BCUT2D eigenvalue weighted by molar-refractivity contribution is 5.87. The summed E-state index contributed by atoms with van der Waals surface area (Å²) < 4.78 is 0. The summed E-state index contributed by atoms with van der Waals surface area (Å²) in [6.45, 7) is 4.60. The minimum atomic E-state index is -0.917. The Kier molecular flexibility index (Phi) is 7.03. The van der Waals surface area contributed by atoms with Gasteiger partial charge in [0.2, 0.25) is 5.91 Å². The van der Waals surface area contributed by atoms with Crippen LogP contribution in [0.25, 0.3) is 0 Å². The van der Waals surface area contributed by atoms with Crippen LogP contribution in [0.5, 0.6) is 0 Å². The SMILES string of the molecule is O=C(O)c1cccc(CNCCCC(=O)N2CCN(c3ccccc3)CC2)c1. The monoisotopic (exact) mass is 381 g/mol. The van der Waals surface area contributed by atoms with Crippen molar-refractivity contribution in [3.63, 3.8) is 0 Å². The van der Waals surface area contributed by atoms with E-state index in [4.69, 9.17) is 5.11 Å². The number of anilines is 1. The quantitative estimate of drug-likeness (QED) is 0.688. The third-order valence-corrected chi connectivity index (χ3v) is 5.00. The summed E-state index contributed by atoms with van der Waals surface area (Å²) >= 11 is 0. The molecule has 0 bridgehead atoms. The van der Waals surface area contributed by atoms with E-state index in [-0.39, 0.29) is 5.91 Å². The number of carboxylic acids is 1. The summed E-state index contributed by atoms with van der Waals surface area (Å²) in [6.07, 6.45) is 1.31. The zero-order valence-corrected chi connectivity index (χ0v) is 16.0.